The number of halogens is 1. The number of aromatic nitrogens is 2. The van der Waals surface area contributed by atoms with Crippen molar-refractivity contribution in [3.05, 3.63) is 57.0 Å². The lowest BCUT2D eigenvalue weighted by Gasteiger charge is -2.11. The predicted molar refractivity (Wildman–Crippen MR) is 92.5 cm³/mol. The van der Waals surface area contributed by atoms with Crippen LogP contribution in [0.3, 0.4) is 0 Å². The van der Waals surface area contributed by atoms with Crippen LogP contribution >= 0.6 is 15.9 Å². The van der Waals surface area contributed by atoms with Crippen molar-refractivity contribution in [3.8, 4) is 11.6 Å². The van der Waals surface area contributed by atoms with E-state index < -0.39 is 0 Å². The third-order valence-corrected chi connectivity index (χ3v) is 6.03. The molecule has 1 aliphatic carbocycles. The second-order valence-electron chi connectivity index (χ2n) is 6.47. The first-order valence-electron chi connectivity index (χ1n) is 7.90. The highest BCUT2D eigenvalue weighted by Gasteiger charge is 2.42. The lowest BCUT2D eigenvalue weighted by Crippen LogP contribution is -2.25. The Balaban J connectivity index is 1.86. The van der Waals surface area contributed by atoms with Crippen LogP contribution in [0.25, 0.3) is 16.5 Å². The Hall–Kier alpha value is -2.01. The Morgan fingerprint density at radius 1 is 1.09 bits per heavy atom. The summed E-state index contributed by atoms with van der Waals surface area (Å²) < 4.78 is 4.28. The van der Waals surface area contributed by atoms with Crippen molar-refractivity contribution in [1.82, 2.24) is 9.13 Å². The standard InChI is InChI=1S/C18H15BrN2O2/c19-14-7-8-15(13-4-2-1-3-12(13)14)21-17(22)16-10-5-6-11(9-10)20(16)18(21)23/h1-4,7-8,10-11,22H,5-6,9H2/t10-,11+/m0/s1. The summed E-state index contributed by atoms with van der Waals surface area (Å²) >= 11 is 3.56. The predicted octanol–water partition coefficient (Wildman–Crippen LogP) is 4.08. The monoisotopic (exact) mass is 370 g/mol. The molecule has 1 N–H and O–H groups in total. The summed E-state index contributed by atoms with van der Waals surface area (Å²) in [5.74, 6) is 0.449. The van der Waals surface area contributed by atoms with Gasteiger partial charge in [-0.25, -0.2) is 9.36 Å². The number of fused-ring (bicyclic) bond motifs is 6. The van der Waals surface area contributed by atoms with Gasteiger partial charge in [-0.2, -0.15) is 0 Å². The maximum absolute atomic E-state index is 13.0. The fraction of sp³-hybridized carbons (Fsp3) is 0.278. The number of rotatable bonds is 1. The fourth-order valence-electron chi connectivity index (χ4n) is 4.35. The van der Waals surface area contributed by atoms with E-state index in [0.717, 1.165) is 45.9 Å². The molecule has 2 aliphatic rings. The highest BCUT2D eigenvalue weighted by molar-refractivity contribution is 9.10. The van der Waals surface area contributed by atoms with Crippen LogP contribution in [0.5, 0.6) is 5.88 Å². The second kappa shape index (κ2) is 4.51. The molecule has 116 valence electrons. The van der Waals surface area contributed by atoms with E-state index in [9.17, 15) is 9.90 Å². The molecule has 1 fully saturated rings. The van der Waals surface area contributed by atoms with Crippen LogP contribution in [0.2, 0.25) is 0 Å². The Morgan fingerprint density at radius 3 is 2.65 bits per heavy atom. The van der Waals surface area contributed by atoms with Gasteiger partial charge in [0.25, 0.3) is 0 Å². The maximum atomic E-state index is 13.0. The third kappa shape index (κ3) is 1.63. The van der Waals surface area contributed by atoms with Gasteiger partial charge in [0.2, 0.25) is 5.88 Å². The molecule has 3 aromatic rings. The van der Waals surface area contributed by atoms with Crippen LogP contribution in [-0.4, -0.2) is 14.2 Å². The molecule has 5 rings (SSSR count). The molecule has 0 amide bonds. The van der Waals surface area contributed by atoms with Crippen LogP contribution in [-0.2, 0) is 0 Å². The van der Waals surface area contributed by atoms with E-state index in [2.05, 4.69) is 15.9 Å². The van der Waals surface area contributed by atoms with E-state index >= 15 is 0 Å². The molecule has 1 saturated carbocycles. The van der Waals surface area contributed by atoms with E-state index in [1.165, 1.54) is 4.57 Å². The number of benzene rings is 2. The minimum absolute atomic E-state index is 0.114. The zero-order chi connectivity index (χ0) is 15.7. The van der Waals surface area contributed by atoms with Gasteiger partial charge in [-0.05, 0) is 36.8 Å². The first kappa shape index (κ1) is 13.4. The number of aromatic hydroxyl groups is 1. The van der Waals surface area contributed by atoms with Gasteiger partial charge in [-0.3, -0.25) is 4.57 Å². The van der Waals surface area contributed by atoms with Crippen molar-refractivity contribution in [3.63, 3.8) is 0 Å². The molecule has 2 heterocycles. The summed E-state index contributed by atoms with van der Waals surface area (Å²) in [6, 6.07) is 12.0. The Labute approximate surface area is 141 Å². The van der Waals surface area contributed by atoms with E-state index in [1.807, 2.05) is 41.0 Å². The average molecular weight is 371 g/mol. The molecule has 0 unspecified atom stereocenters. The summed E-state index contributed by atoms with van der Waals surface area (Å²) in [7, 11) is 0. The van der Waals surface area contributed by atoms with Gasteiger partial charge in [0.15, 0.2) is 0 Å². The van der Waals surface area contributed by atoms with Gasteiger partial charge in [0.05, 0.1) is 11.4 Å². The molecule has 0 spiro atoms. The first-order chi connectivity index (χ1) is 11.2. The van der Waals surface area contributed by atoms with Crippen molar-refractivity contribution >= 4 is 26.7 Å². The molecule has 0 saturated heterocycles. The number of imidazole rings is 1. The van der Waals surface area contributed by atoms with Crippen molar-refractivity contribution in [2.75, 3.05) is 0 Å². The van der Waals surface area contributed by atoms with Crippen LogP contribution in [0.15, 0.2) is 45.7 Å². The third-order valence-electron chi connectivity index (χ3n) is 5.34. The SMILES string of the molecule is O=c1n(-c2ccc(Br)c3ccccc23)c(O)c2n1[C@@H]1CC[C@H]2C1. The molecular formula is C18H15BrN2O2. The number of hydrogen-bond donors (Lipinski definition) is 1. The minimum atomic E-state index is -0.114. The van der Waals surface area contributed by atoms with Crippen LogP contribution < -0.4 is 5.69 Å². The van der Waals surface area contributed by atoms with Gasteiger partial charge in [-0.1, -0.05) is 40.2 Å². The molecule has 4 nitrogen and oxygen atoms in total. The Kier molecular flexibility index (Phi) is 2.63. The maximum Gasteiger partial charge on any atom is 0.336 e. The highest BCUT2D eigenvalue weighted by atomic mass is 79.9. The topological polar surface area (TPSA) is 47.2 Å². The summed E-state index contributed by atoms with van der Waals surface area (Å²) in [5.41, 5.74) is 1.46. The van der Waals surface area contributed by atoms with Crippen molar-refractivity contribution in [2.45, 2.75) is 31.2 Å². The average Bonchev–Trinajstić information content (AvgIpc) is 3.24. The molecule has 2 bridgehead atoms. The Bertz CT molecular complexity index is 1020. The molecule has 5 heteroatoms. The molecule has 1 aliphatic heterocycles. The van der Waals surface area contributed by atoms with Gasteiger partial charge < -0.3 is 5.11 Å². The largest absolute Gasteiger partial charge is 0.493 e. The van der Waals surface area contributed by atoms with E-state index in [4.69, 9.17) is 0 Å². The van der Waals surface area contributed by atoms with Crippen molar-refractivity contribution < 1.29 is 5.11 Å². The second-order valence-corrected chi connectivity index (χ2v) is 7.33. The first-order valence-corrected chi connectivity index (χ1v) is 8.70. The molecular weight excluding hydrogens is 356 g/mol. The molecule has 1 aromatic heterocycles. The summed E-state index contributed by atoms with van der Waals surface area (Å²) in [4.78, 5) is 13.0. The lowest BCUT2D eigenvalue weighted by atomic mass is 10.1. The van der Waals surface area contributed by atoms with Gasteiger partial charge >= 0.3 is 5.69 Å². The highest BCUT2D eigenvalue weighted by Crippen LogP contribution is 2.51. The van der Waals surface area contributed by atoms with Gasteiger partial charge in [-0.15, -0.1) is 0 Å². The lowest BCUT2D eigenvalue weighted by molar-refractivity contribution is 0.428. The molecule has 2 aromatic carbocycles. The quantitative estimate of drug-likeness (QED) is 0.701. The van der Waals surface area contributed by atoms with Crippen molar-refractivity contribution in [1.29, 1.82) is 0 Å². The minimum Gasteiger partial charge on any atom is -0.493 e. The summed E-state index contributed by atoms with van der Waals surface area (Å²) in [5, 5.41) is 12.8. The van der Waals surface area contributed by atoms with Crippen LogP contribution in [0, 0.1) is 0 Å². The zero-order valence-electron chi connectivity index (χ0n) is 12.4. The van der Waals surface area contributed by atoms with E-state index in [1.54, 1.807) is 0 Å². The van der Waals surface area contributed by atoms with Crippen LogP contribution in [0.4, 0.5) is 0 Å². The summed E-state index contributed by atoms with van der Waals surface area (Å²) in [6.45, 7) is 0. The Morgan fingerprint density at radius 2 is 1.87 bits per heavy atom. The molecule has 0 radical (unpaired) electrons. The number of hydrogen-bond acceptors (Lipinski definition) is 2. The van der Waals surface area contributed by atoms with E-state index in [-0.39, 0.29) is 17.6 Å². The zero-order valence-corrected chi connectivity index (χ0v) is 14.0. The molecule has 23 heavy (non-hydrogen) atoms. The normalized spacial score (nSPS) is 22.0. The van der Waals surface area contributed by atoms with Gasteiger partial charge in [0.1, 0.15) is 0 Å². The fourth-order valence-corrected chi connectivity index (χ4v) is 4.83. The number of nitrogens with zero attached hydrogens (tertiary/aromatic N) is 2. The van der Waals surface area contributed by atoms with E-state index in [0.29, 0.717) is 5.92 Å². The van der Waals surface area contributed by atoms with Crippen LogP contribution in [0.1, 0.15) is 36.9 Å². The van der Waals surface area contributed by atoms with Gasteiger partial charge in [0, 0.05) is 21.8 Å². The smallest absolute Gasteiger partial charge is 0.336 e. The molecule has 2 atom stereocenters. The summed E-state index contributed by atoms with van der Waals surface area (Å²) in [6.07, 6.45) is 3.12. The van der Waals surface area contributed by atoms with Crippen molar-refractivity contribution in [2.24, 2.45) is 0 Å².